The minimum Gasteiger partial charge on any atom is -0.494 e. The molecule has 0 saturated carbocycles. The zero-order valence-electron chi connectivity index (χ0n) is 23.4. The Balaban J connectivity index is 1.60. The summed E-state index contributed by atoms with van der Waals surface area (Å²) >= 11 is 6.46. The van der Waals surface area contributed by atoms with Crippen LogP contribution in [0.4, 0.5) is 0 Å². The Morgan fingerprint density at radius 2 is 1.17 bits per heavy atom. The van der Waals surface area contributed by atoms with Crippen molar-refractivity contribution in [2.75, 3.05) is 6.61 Å². The number of benzene rings is 2. The van der Waals surface area contributed by atoms with Crippen molar-refractivity contribution in [3.8, 4) is 16.9 Å². The second-order valence-electron chi connectivity index (χ2n) is 11.6. The van der Waals surface area contributed by atoms with Crippen molar-refractivity contribution in [2.45, 2.75) is 106 Å². The highest BCUT2D eigenvalue weighted by Gasteiger charge is 2.10. The maximum atomic E-state index is 6.46. The number of aryl methyl sites for hydroxylation is 1. The van der Waals surface area contributed by atoms with Gasteiger partial charge in [-0.25, -0.2) is 0 Å². The smallest absolute Gasteiger partial charge is 0.120 e. The second-order valence-corrected chi connectivity index (χ2v) is 12.1. The summed E-state index contributed by atoms with van der Waals surface area (Å²) in [5, 5.41) is 0.768. The molecule has 0 amide bonds. The predicted octanol–water partition coefficient (Wildman–Crippen LogP) is 11.2. The molecule has 0 spiro atoms. The number of halogens is 1. The summed E-state index contributed by atoms with van der Waals surface area (Å²) < 4.78 is 6.10. The molecule has 0 radical (unpaired) electrons. The topological polar surface area (TPSA) is 9.23 Å². The molecule has 196 valence electrons. The zero-order valence-corrected chi connectivity index (χ0v) is 24.2. The molecule has 0 aliphatic heterocycles. The average Bonchev–Trinajstić information content (AvgIpc) is 2.80. The number of rotatable bonds is 17. The first-order chi connectivity index (χ1) is 16.7. The van der Waals surface area contributed by atoms with Crippen LogP contribution >= 0.6 is 11.6 Å². The molecular formula is C33H51ClO. The predicted molar refractivity (Wildman–Crippen MR) is 156 cm³/mol. The highest BCUT2D eigenvalue weighted by Crippen LogP contribution is 2.32. The van der Waals surface area contributed by atoms with Crippen LogP contribution in [-0.2, 0) is 0 Å². The van der Waals surface area contributed by atoms with Crippen LogP contribution in [0.5, 0.6) is 5.75 Å². The summed E-state index contributed by atoms with van der Waals surface area (Å²) in [6.07, 6.45) is 13.5. The normalized spacial score (nSPS) is 14.2. The lowest BCUT2D eigenvalue weighted by Gasteiger charge is -2.16. The van der Waals surface area contributed by atoms with Gasteiger partial charge in [0.25, 0.3) is 0 Å². The molecule has 2 aromatic rings. The lowest BCUT2D eigenvalue weighted by atomic mass is 9.91. The van der Waals surface area contributed by atoms with E-state index in [0.29, 0.717) is 5.92 Å². The van der Waals surface area contributed by atoms with Crippen LogP contribution in [0.3, 0.4) is 0 Å². The molecule has 0 N–H and O–H groups in total. The van der Waals surface area contributed by atoms with Crippen LogP contribution in [0.1, 0.15) is 104 Å². The highest BCUT2D eigenvalue weighted by molar-refractivity contribution is 6.33. The highest BCUT2D eigenvalue weighted by atomic mass is 35.5. The molecule has 0 saturated heterocycles. The molecule has 2 rings (SSSR count). The van der Waals surface area contributed by atoms with E-state index in [9.17, 15) is 0 Å². The quantitative estimate of drug-likeness (QED) is 0.210. The van der Waals surface area contributed by atoms with Crippen LogP contribution in [-0.4, -0.2) is 6.61 Å². The molecule has 0 fully saturated rings. The van der Waals surface area contributed by atoms with Crippen molar-refractivity contribution < 1.29 is 4.74 Å². The zero-order chi connectivity index (χ0) is 25.6. The summed E-state index contributed by atoms with van der Waals surface area (Å²) in [4.78, 5) is 0. The van der Waals surface area contributed by atoms with Gasteiger partial charge in [-0.05, 0) is 60.8 Å². The first-order valence-electron chi connectivity index (χ1n) is 14.2. The Morgan fingerprint density at radius 1 is 0.657 bits per heavy atom. The van der Waals surface area contributed by atoms with E-state index in [1.807, 2.05) is 12.1 Å². The van der Waals surface area contributed by atoms with Crippen LogP contribution in [0.15, 0.2) is 42.5 Å². The minimum atomic E-state index is 0.701. The molecule has 0 aromatic heterocycles. The molecule has 0 aliphatic rings. The fraction of sp³-hybridized carbons (Fsp3) is 0.636. The number of hydrogen-bond donors (Lipinski definition) is 0. The van der Waals surface area contributed by atoms with E-state index in [2.05, 4.69) is 71.9 Å². The van der Waals surface area contributed by atoms with E-state index >= 15 is 0 Å². The molecule has 1 nitrogen and oxygen atoms in total. The van der Waals surface area contributed by atoms with Crippen LogP contribution in [0.25, 0.3) is 11.1 Å². The lowest BCUT2D eigenvalue weighted by molar-refractivity contribution is 0.274. The van der Waals surface area contributed by atoms with Gasteiger partial charge in [0.05, 0.1) is 6.61 Å². The molecule has 2 heteroatoms. The Morgan fingerprint density at radius 3 is 1.71 bits per heavy atom. The molecule has 35 heavy (non-hydrogen) atoms. The van der Waals surface area contributed by atoms with E-state index in [1.165, 1.54) is 63.4 Å². The van der Waals surface area contributed by atoms with Crippen molar-refractivity contribution in [1.82, 2.24) is 0 Å². The molecule has 0 bridgehead atoms. The van der Waals surface area contributed by atoms with E-state index < -0.39 is 0 Å². The molecule has 2 aromatic carbocycles. The fourth-order valence-corrected chi connectivity index (χ4v) is 5.09. The van der Waals surface area contributed by atoms with Crippen molar-refractivity contribution in [3.05, 3.63) is 53.1 Å². The lowest BCUT2D eigenvalue weighted by Crippen LogP contribution is -2.05. The average molecular weight is 499 g/mol. The van der Waals surface area contributed by atoms with E-state index in [-0.39, 0.29) is 0 Å². The largest absolute Gasteiger partial charge is 0.494 e. The van der Waals surface area contributed by atoms with Gasteiger partial charge in [-0.2, -0.15) is 0 Å². The van der Waals surface area contributed by atoms with Crippen LogP contribution in [0.2, 0.25) is 5.02 Å². The SMILES string of the molecule is Cc1ccc(-c2cc(OCCC(C)CCCC(C)CCCC(C)CCCC(C)C)ccc2Cl)cc1. The van der Waals surface area contributed by atoms with Crippen molar-refractivity contribution >= 4 is 11.6 Å². The van der Waals surface area contributed by atoms with Gasteiger partial charge < -0.3 is 4.74 Å². The monoisotopic (exact) mass is 498 g/mol. The first-order valence-corrected chi connectivity index (χ1v) is 14.6. The maximum Gasteiger partial charge on any atom is 0.120 e. The number of ether oxygens (including phenoxy) is 1. The molecule has 0 aliphatic carbocycles. The fourth-order valence-electron chi connectivity index (χ4n) is 4.86. The third kappa shape index (κ3) is 12.4. The van der Waals surface area contributed by atoms with Gasteiger partial charge in [0.15, 0.2) is 0 Å². The first kappa shape index (κ1) is 29.8. The Labute approximate surface area is 222 Å². The summed E-state index contributed by atoms with van der Waals surface area (Å²) in [7, 11) is 0. The van der Waals surface area contributed by atoms with Gasteiger partial charge in [0.1, 0.15) is 5.75 Å². The van der Waals surface area contributed by atoms with E-state index in [0.717, 1.165) is 52.7 Å². The Kier molecular flexibility index (Phi) is 13.9. The second kappa shape index (κ2) is 16.3. The molecule has 3 atom stereocenters. The van der Waals surface area contributed by atoms with Gasteiger partial charge in [-0.15, -0.1) is 0 Å². The van der Waals surface area contributed by atoms with Crippen molar-refractivity contribution in [2.24, 2.45) is 23.7 Å². The van der Waals surface area contributed by atoms with Gasteiger partial charge in [0.2, 0.25) is 0 Å². The molecule has 0 heterocycles. The van der Waals surface area contributed by atoms with Gasteiger partial charge in [-0.3, -0.25) is 0 Å². The van der Waals surface area contributed by atoms with E-state index in [1.54, 1.807) is 0 Å². The number of hydrogen-bond acceptors (Lipinski definition) is 1. The maximum absolute atomic E-state index is 6.46. The van der Waals surface area contributed by atoms with Gasteiger partial charge in [-0.1, -0.05) is 134 Å². The van der Waals surface area contributed by atoms with Gasteiger partial charge >= 0.3 is 0 Å². The van der Waals surface area contributed by atoms with Gasteiger partial charge in [0, 0.05) is 10.6 Å². The minimum absolute atomic E-state index is 0.701. The Hall–Kier alpha value is -1.47. The van der Waals surface area contributed by atoms with Crippen LogP contribution < -0.4 is 4.74 Å². The summed E-state index contributed by atoms with van der Waals surface area (Å²) in [5.74, 6) is 4.21. The standard InChI is InChI=1S/C33H51ClO/c1-25(2)10-7-11-26(3)12-8-13-27(4)14-9-15-28(5)22-23-35-31-20-21-33(34)32(24-31)30-18-16-29(6)17-19-30/h16-21,24-28H,7-15,22-23H2,1-6H3. The third-order valence-electron chi connectivity index (χ3n) is 7.45. The van der Waals surface area contributed by atoms with Crippen molar-refractivity contribution in [3.63, 3.8) is 0 Å². The third-order valence-corrected chi connectivity index (χ3v) is 7.78. The van der Waals surface area contributed by atoms with E-state index in [4.69, 9.17) is 16.3 Å². The van der Waals surface area contributed by atoms with Crippen molar-refractivity contribution in [1.29, 1.82) is 0 Å². The summed E-state index contributed by atoms with van der Waals surface area (Å²) in [5.41, 5.74) is 3.42. The Bertz CT molecular complexity index is 825. The molecular weight excluding hydrogens is 448 g/mol. The summed E-state index contributed by atoms with van der Waals surface area (Å²) in [6.45, 7) is 14.8. The van der Waals surface area contributed by atoms with Crippen LogP contribution in [0, 0.1) is 30.6 Å². The molecule has 3 unspecified atom stereocenters. The summed E-state index contributed by atoms with van der Waals surface area (Å²) in [6, 6.07) is 14.5.